The van der Waals surface area contributed by atoms with Gasteiger partial charge in [0.05, 0.1) is 6.54 Å². The summed E-state index contributed by atoms with van der Waals surface area (Å²) in [4.78, 5) is 3.62. The van der Waals surface area contributed by atoms with Crippen LogP contribution in [-0.2, 0) is 16.4 Å². The summed E-state index contributed by atoms with van der Waals surface area (Å²) in [6, 6.07) is 5.53. The lowest BCUT2D eigenvalue weighted by atomic mass is 10.4. The van der Waals surface area contributed by atoms with Crippen molar-refractivity contribution in [2.75, 3.05) is 52.4 Å². The van der Waals surface area contributed by atoms with E-state index >= 15 is 0 Å². The highest BCUT2D eigenvalue weighted by Crippen LogP contribution is 2.17. The zero-order valence-corrected chi connectivity index (χ0v) is 15.6. The minimum Gasteiger partial charge on any atom is -0.444 e. The van der Waals surface area contributed by atoms with Crippen LogP contribution < -0.4 is 15.5 Å². The van der Waals surface area contributed by atoms with E-state index in [1.165, 1.54) is 0 Å². The van der Waals surface area contributed by atoms with Crippen LogP contribution in [0, 0.1) is 11.3 Å². The lowest BCUT2D eigenvalue weighted by Gasteiger charge is -2.18. The van der Waals surface area contributed by atoms with E-state index in [9.17, 15) is 8.42 Å². The van der Waals surface area contributed by atoms with Crippen LogP contribution in [0.2, 0.25) is 0 Å². The van der Waals surface area contributed by atoms with Crippen molar-refractivity contribution in [3.8, 4) is 6.07 Å². The predicted octanol–water partition coefficient (Wildman–Crippen LogP) is 0.324. The first-order chi connectivity index (χ1) is 11.2. The molecule has 0 aliphatic rings. The molecule has 2 N–H and O–H groups in total. The summed E-state index contributed by atoms with van der Waals surface area (Å²) in [5.41, 5.74) is 0. The number of nitriles is 1. The highest BCUT2D eigenvalue weighted by Gasteiger charge is 2.17. The molecule has 0 fully saturated rings. The fourth-order valence-corrected chi connectivity index (χ4v) is 2.74. The van der Waals surface area contributed by atoms with Crippen LogP contribution in [0.5, 0.6) is 0 Å². The van der Waals surface area contributed by atoms with Crippen LogP contribution in [0.15, 0.2) is 27.3 Å². The lowest BCUT2D eigenvalue weighted by Crippen LogP contribution is -2.33. The van der Waals surface area contributed by atoms with Crippen molar-refractivity contribution >= 4 is 15.7 Å². The maximum absolute atomic E-state index is 11.6. The van der Waals surface area contributed by atoms with E-state index in [1.807, 2.05) is 43.1 Å². The molecule has 1 rings (SSSR count). The molecule has 0 bridgehead atoms. The monoisotopic (exact) mass is 355 g/mol. The van der Waals surface area contributed by atoms with Gasteiger partial charge in [-0.05, 0) is 20.2 Å². The van der Waals surface area contributed by atoms with Gasteiger partial charge in [0.2, 0.25) is 0 Å². The Kier molecular flexibility index (Phi) is 7.13. The van der Waals surface area contributed by atoms with Gasteiger partial charge in [-0.25, -0.2) is 8.42 Å². The van der Waals surface area contributed by atoms with Crippen molar-refractivity contribution in [1.82, 2.24) is 15.5 Å². The van der Waals surface area contributed by atoms with Gasteiger partial charge in [0.15, 0.2) is 20.6 Å². The summed E-state index contributed by atoms with van der Waals surface area (Å²) in [6.07, 6.45) is 1.01. The molecular weight excluding hydrogens is 330 g/mol. The minimum atomic E-state index is -3.58. The summed E-state index contributed by atoms with van der Waals surface area (Å²) >= 11 is 0. The SMILES string of the molecule is CN/C(NCCN(C)c1ccc(CN(C)C)o1)=C(/C#N)S(C)(=O)=O. The molecule has 0 spiro atoms. The molecule has 1 aromatic rings. The predicted molar refractivity (Wildman–Crippen MR) is 93.9 cm³/mol. The third-order valence-corrected chi connectivity index (χ3v) is 4.23. The second-order valence-corrected chi connectivity index (χ2v) is 7.62. The maximum Gasteiger partial charge on any atom is 0.195 e. The molecule has 24 heavy (non-hydrogen) atoms. The Bertz CT molecular complexity index is 716. The molecule has 0 unspecified atom stereocenters. The number of sulfone groups is 1. The number of furan rings is 1. The number of likely N-dealkylation sites (N-methyl/N-ethyl adjacent to an activating group) is 1. The maximum atomic E-state index is 11.6. The quantitative estimate of drug-likeness (QED) is 0.611. The highest BCUT2D eigenvalue weighted by atomic mass is 32.2. The minimum absolute atomic E-state index is 0.196. The van der Waals surface area contributed by atoms with Crippen molar-refractivity contribution in [3.63, 3.8) is 0 Å². The van der Waals surface area contributed by atoms with Crippen LogP contribution in [-0.4, -0.2) is 60.9 Å². The third-order valence-electron chi connectivity index (χ3n) is 3.19. The normalized spacial score (nSPS) is 12.5. The largest absolute Gasteiger partial charge is 0.444 e. The van der Waals surface area contributed by atoms with Crippen molar-refractivity contribution in [2.45, 2.75) is 6.54 Å². The van der Waals surface area contributed by atoms with Crippen molar-refractivity contribution in [2.24, 2.45) is 0 Å². The van der Waals surface area contributed by atoms with Crippen LogP contribution in [0.25, 0.3) is 0 Å². The molecule has 1 aromatic heterocycles. The van der Waals surface area contributed by atoms with Gasteiger partial charge in [-0.15, -0.1) is 0 Å². The van der Waals surface area contributed by atoms with Gasteiger partial charge in [-0.3, -0.25) is 0 Å². The van der Waals surface area contributed by atoms with Gasteiger partial charge in [0.1, 0.15) is 17.7 Å². The Morgan fingerprint density at radius 2 is 2.00 bits per heavy atom. The van der Waals surface area contributed by atoms with Crippen LogP contribution in [0.3, 0.4) is 0 Å². The second-order valence-electron chi connectivity index (χ2n) is 5.66. The van der Waals surface area contributed by atoms with E-state index in [2.05, 4.69) is 10.6 Å². The zero-order chi connectivity index (χ0) is 18.3. The number of hydrogen-bond acceptors (Lipinski definition) is 8. The number of hydrogen-bond donors (Lipinski definition) is 2. The van der Waals surface area contributed by atoms with E-state index in [1.54, 1.807) is 13.1 Å². The zero-order valence-electron chi connectivity index (χ0n) is 14.8. The van der Waals surface area contributed by atoms with E-state index in [0.717, 1.165) is 24.4 Å². The average Bonchev–Trinajstić information content (AvgIpc) is 2.92. The van der Waals surface area contributed by atoms with E-state index in [-0.39, 0.29) is 10.7 Å². The van der Waals surface area contributed by atoms with E-state index in [0.29, 0.717) is 13.1 Å². The summed E-state index contributed by atoms with van der Waals surface area (Å²) in [5.74, 6) is 1.79. The number of rotatable bonds is 9. The van der Waals surface area contributed by atoms with Crippen molar-refractivity contribution in [3.05, 3.63) is 28.6 Å². The molecular formula is C15H25N5O3S. The number of nitrogens with zero attached hydrogens (tertiary/aromatic N) is 3. The van der Waals surface area contributed by atoms with Gasteiger partial charge in [-0.1, -0.05) is 0 Å². The molecule has 9 heteroatoms. The number of nitrogens with one attached hydrogen (secondary N) is 2. The van der Waals surface area contributed by atoms with Gasteiger partial charge >= 0.3 is 0 Å². The van der Waals surface area contributed by atoms with Gasteiger partial charge < -0.3 is 24.9 Å². The Morgan fingerprint density at radius 3 is 2.50 bits per heavy atom. The average molecular weight is 355 g/mol. The van der Waals surface area contributed by atoms with Crippen LogP contribution >= 0.6 is 0 Å². The third kappa shape index (κ3) is 5.79. The molecule has 0 radical (unpaired) electrons. The summed E-state index contributed by atoms with van der Waals surface area (Å²) < 4.78 is 28.9. The fourth-order valence-electron chi connectivity index (χ4n) is 2.03. The molecule has 0 saturated carbocycles. The molecule has 1 heterocycles. The van der Waals surface area contributed by atoms with Gasteiger partial charge in [0.25, 0.3) is 0 Å². The Morgan fingerprint density at radius 1 is 1.33 bits per heavy atom. The first-order valence-corrected chi connectivity index (χ1v) is 9.28. The highest BCUT2D eigenvalue weighted by molar-refractivity contribution is 7.94. The smallest absolute Gasteiger partial charge is 0.195 e. The second kappa shape index (κ2) is 8.61. The van der Waals surface area contributed by atoms with Gasteiger partial charge in [0, 0.05) is 39.5 Å². The molecule has 0 aliphatic carbocycles. The molecule has 0 aromatic carbocycles. The van der Waals surface area contributed by atoms with Gasteiger partial charge in [-0.2, -0.15) is 5.26 Å². The van der Waals surface area contributed by atoms with E-state index < -0.39 is 9.84 Å². The van der Waals surface area contributed by atoms with E-state index in [4.69, 9.17) is 9.68 Å². The Hall–Kier alpha value is -2.18. The molecule has 8 nitrogen and oxygen atoms in total. The Balaban J connectivity index is 2.67. The van der Waals surface area contributed by atoms with Crippen molar-refractivity contribution in [1.29, 1.82) is 5.26 Å². The topological polar surface area (TPSA) is 102 Å². The molecule has 0 amide bonds. The molecule has 0 saturated heterocycles. The number of anilines is 1. The Labute approximate surface area is 143 Å². The van der Waals surface area contributed by atoms with Crippen molar-refractivity contribution < 1.29 is 12.8 Å². The summed E-state index contributed by atoms with van der Waals surface area (Å²) in [5, 5.41) is 14.7. The molecule has 0 atom stereocenters. The summed E-state index contributed by atoms with van der Waals surface area (Å²) in [6.45, 7) is 1.73. The first-order valence-electron chi connectivity index (χ1n) is 7.39. The standard InChI is InChI=1S/C15H25N5O3S/c1-17-15(13(10-16)24(5,21)22)18-8-9-20(4)14-7-6-12(23-14)11-19(2)3/h6-7,17-18H,8-9,11H2,1-5H3/b15-13+. The molecule has 0 aliphatic heterocycles. The summed E-state index contributed by atoms with van der Waals surface area (Å²) in [7, 11) is 3.80. The molecule has 134 valence electrons. The number of allylic oxidation sites excluding steroid dienone is 1. The fraction of sp³-hybridized carbons (Fsp3) is 0.533. The lowest BCUT2D eigenvalue weighted by molar-refractivity contribution is 0.351. The van der Waals surface area contributed by atoms with Crippen LogP contribution in [0.4, 0.5) is 5.88 Å². The van der Waals surface area contributed by atoms with Crippen LogP contribution in [0.1, 0.15) is 5.76 Å². The first kappa shape index (κ1) is 19.9.